The molecular weight excluding hydrogens is 665 g/mol. The summed E-state index contributed by atoms with van der Waals surface area (Å²) in [5.41, 5.74) is 1.29. The lowest BCUT2D eigenvalue weighted by Crippen LogP contribution is -2.40. The smallest absolute Gasteiger partial charge is 0.338 e. The molecule has 2 heterocycles. The maximum Gasteiger partial charge on any atom is 0.338 e. The Bertz CT molecular complexity index is 1970. The van der Waals surface area contributed by atoms with Gasteiger partial charge in [-0.05, 0) is 76.8 Å². The SMILES string of the molecule is CCOC(=O)C1=C(C)N=c2s/c(=C\c3cc(Br)c(OCc4ccc(F)cc4)c([N+](=O)[O-])c3)c(=O)n2[C@@H]1c1ccccc1Cl. The van der Waals surface area contributed by atoms with Crippen molar-refractivity contribution in [3.8, 4) is 5.75 Å². The van der Waals surface area contributed by atoms with Crippen molar-refractivity contribution in [2.45, 2.75) is 26.5 Å². The molecule has 1 aliphatic heterocycles. The van der Waals surface area contributed by atoms with E-state index in [9.17, 15) is 24.1 Å². The summed E-state index contributed by atoms with van der Waals surface area (Å²) in [5.74, 6) is -1.03. The standard InChI is InChI=1S/C30H22BrClFN3O6S/c1-3-41-29(38)25-16(2)34-30-35(26(25)20-6-4-5-7-22(20)32)28(37)24(43-30)14-18-12-21(31)27(23(13-18)36(39)40)42-15-17-8-10-19(33)11-9-17/h4-14,26H,3,15H2,1-2H3/b24-14-/t26-/m1/s1. The third-order valence-electron chi connectivity index (χ3n) is 6.55. The van der Waals surface area contributed by atoms with E-state index in [4.69, 9.17) is 21.1 Å². The summed E-state index contributed by atoms with van der Waals surface area (Å²) < 4.78 is 26.2. The molecule has 1 aliphatic rings. The van der Waals surface area contributed by atoms with Gasteiger partial charge in [0.15, 0.2) is 4.80 Å². The van der Waals surface area contributed by atoms with Crippen LogP contribution in [0.5, 0.6) is 5.75 Å². The van der Waals surface area contributed by atoms with Gasteiger partial charge in [0.2, 0.25) is 5.75 Å². The van der Waals surface area contributed by atoms with E-state index < -0.39 is 28.3 Å². The van der Waals surface area contributed by atoms with Crippen molar-refractivity contribution in [2.24, 2.45) is 4.99 Å². The first-order valence-electron chi connectivity index (χ1n) is 12.9. The van der Waals surface area contributed by atoms with Crippen molar-refractivity contribution in [3.05, 3.63) is 134 Å². The topological polar surface area (TPSA) is 113 Å². The van der Waals surface area contributed by atoms with E-state index in [-0.39, 0.29) is 39.2 Å². The second-order valence-corrected chi connectivity index (χ2v) is 11.6. The van der Waals surface area contributed by atoms with Crippen LogP contribution in [0.25, 0.3) is 6.08 Å². The number of benzene rings is 3. The van der Waals surface area contributed by atoms with E-state index >= 15 is 0 Å². The monoisotopic (exact) mass is 685 g/mol. The number of allylic oxidation sites excluding steroid dienone is 1. The highest BCUT2D eigenvalue weighted by atomic mass is 79.9. The Balaban J connectivity index is 1.60. The summed E-state index contributed by atoms with van der Waals surface area (Å²) >= 11 is 11.0. The molecule has 0 amide bonds. The predicted molar refractivity (Wildman–Crippen MR) is 163 cm³/mol. The fraction of sp³-hybridized carbons (Fsp3) is 0.167. The number of nitrogens with zero attached hydrogens (tertiary/aromatic N) is 3. The van der Waals surface area contributed by atoms with Crippen molar-refractivity contribution < 1.29 is 23.6 Å². The first kappa shape index (κ1) is 30.3. The van der Waals surface area contributed by atoms with Crippen LogP contribution >= 0.6 is 38.9 Å². The van der Waals surface area contributed by atoms with E-state index in [2.05, 4.69) is 20.9 Å². The number of fused-ring (bicyclic) bond motifs is 1. The number of rotatable bonds is 8. The minimum Gasteiger partial charge on any atom is -0.481 e. The molecule has 5 rings (SSSR count). The van der Waals surface area contributed by atoms with Gasteiger partial charge >= 0.3 is 11.7 Å². The molecule has 1 aromatic heterocycles. The van der Waals surface area contributed by atoms with E-state index in [1.165, 1.54) is 41.0 Å². The molecule has 3 aromatic carbocycles. The van der Waals surface area contributed by atoms with Gasteiger partial charge in [-0.3, -0.25) is 19.5 Å². The van der Waals surface area contributed by atoms with Crippen LogP contribution in [0.4, 0.5) is 10.1 Å². The normalized spacial score (nSPS) is 14.7. The lowest BCUT2D eigenvalue weighted by Gasteiger charge is -2.25. The van der Waals surface area contributed by atoms with Gasteiger partial charge in [-0.25, -0.2) is 14.2 Å². The van der Waals surface area contributed by atoms with Gasteiger partial charge in [0.25, 0.3) is 5.56 Å². The zero-order valence-corrected chi connectivity index (χ0v) is 25.8. The maximum atomic E-state index is 13.9. The van der Waals surface area contributed by atoms with Gasteiger partial charge in [-0.15, -0.1) is 0 Å². The first-order chi connectivity index (χ1) is 20.6. The maximum absolute atomic E-state index is 13.9. The van der Waals surface area contributed by atoms with Gasteiger partial charge in [-0.1, -0.05) is 53.3 Å². The molecule has 0 radical (unpaired) electrons. The average Bonchev–Trinajstić information content (AvgIpc) is 3.26. The second-order valence-electron chi connectivity index (χ2n) is 9.35. The average molecular weight is 687 g/mol. The third-order valence-corrected chi connectivity index (χ3v) is 8.47. The summed E-state index contributed by atoms with van der Waals surface area (Å²) in [6, 6.07) is 14.5. The van der Waals surface area contributed by atoms with E-state index in [0.29, 0.717) is 32.2 Å². The lowest BCUT2D eigenvalue weighted by molar-refractivity contribution is -0.386. The molecule has 0 fully saturated rings. The Morgan fingerprint density at radius 1 is 1.23 bits per heavy atom. The first-order valence-corrected chi connectivity index (χ1v) is 14.9. The third kappa shape index (κ3) is 6.17. The highest BCUT2D eigenvalue weighted by molar-refractivity contribution is 9.10. The number of nitro benzene ring substituents is 1. The number of aromatic nitrogens is 1. The molecule has 13 heteroatoms. The molecule has 0 aliphatic carbocycles. The zero-order valence-electron chi connectivity index (χ0n) is 22.7. The molecule has 0 saturated carbocycles. The van der Waals surface area contributed by atoms with Crippen LogP contribution < -0.4 is 19.6 Å². The summed E-state index contributed by atoms with van der Waals surface area (Å²) in [6.07, 6.45) is 1.51. The van der Waals surface area contributed by atoms with Gasteiger partial charge in [0, 0.05) is 11.1 Å². The van der Waals surface area contributed by atoms with Crippen LogP contribution in [-0.4, -0.2) is 22.1 Å². The lowest BCUT2D eigenvalue weighted by atomic mass is 9.96. The van der Waals surface area contributed by atoms with Gasteiger partial charge in [-0.2, -0.15) is 0 Å². The van der Waals surface area contributed by atoms with E-state index in [1.807, 2.05) is 0 Å². The van der Waals surface area contributed by atoms with Crippen molar-refractivity contribution in [2.75, 3.05) is 6.61 Å². The molecule has 220 valence electrons. The molecule has 0 spiro atoms. The van der Waals surface area contributed by atoms with Crippen LogP contribution in [0.2, 0.25) is 5.02 Å². The quantitative estimate of drug-likeness (QED) is 0.131. The molecule has 4 aromatic rings. The summed E-state index contributed by atoms with van der Waals surface area (Å²) in [6.45, 7) is 3.46. The summed E-state index contributed by atoms with van der Waals surface area (Å²) in [5, 5.41) is 12.3. The summed E-state index contributed by atoms with van der Waals surface area (Å²) in [4.78, 5) is 43.2. The molecule has 43 heavy (non-hydrogen) atoms. The van der Waals surface area contributed by atoms with Gasteiger partial charge < -0.3 is 9.47 Å². The van der Waals surface area contributed by atoms with Crippen LogP contribution in [0.1, 0.15) is 36.6 Å². The number of carbonyl (C=O) groups is 1. The van der Waals surface area contributed by atoms with Gasteiger partial charge in [0.1, 0.15) is 18.5 Å². The van der Waals surface area contributed by atoms with Gasteiger partial charge in [0.05, 0.1) is 31.8 Å². The Kier molecular flexibility index (Phi) is 8.90. The fourth-order valence-corrected chi connectivity index (χ4v) is 6.50. The second kappa shape index (κ2) is 12.6. The number of hydrogen-bond donors (Lipinski definition) is 0. The highest BCUT2D eigenvalue weighted by Gasteiger charge is 2.34. The fourth-order valence-electron chi connectivity index (χ4n) is 4.63. The molecule has 0 unspecified atom stereocenters. The number of carbonyl (C=O) groups excluding carboxylic acids is 1. The number of nitro groups is 1. The number of thiazole rings is 1. The highest BCUT2D eigenvalue weighted by Crippen LogP contribution is 2.38. The summed E-state index contributed by atoms with van der Waals surface area (Å²) in [7, 11) is 0. The number of halogens is 3. The van der Waals surface area contributed by atoms with Crippen LogP contribution in [-0.2, 0) is 16.1 Å². The Labute approximate surface area is 261 Å². The zero-order chi connectivity index (χ0) is 30.8. The van der Waals surface area contributed by atoms with Crippen molar-refractivity contribution in [3.63, 3.8) is 0 Å². The molecule has 1 atom stereocenters. The number of esters is 1. The van der Waals surface area contributed by atoms with Crippen LogP contribution in [0, 0.1) is 15.9 Å². The Morgan fingerprint density at radius 2 is 1.95 bits per heavy atom. The van der Waals surface area contributed by atoms with E-state index in [0.717, 1.165) is 11.3 Å². The Morgan fingerprint density at radius 3 is 2.63 bits per heavy atom. The molecule has 0 bridgehead atoms. The van der Waals surface area contributed by atoms with Crippen LogP contribution in [0.15, 0.2) is 86.2 Å². The minimum absolute atomic E-state index is 0.0126. The largest absolute Gasteiger partial charge is 0.481 e. The van der Waals surface area contributed by atoms with Crippen molar-refractivity contribution in [1.82, 2.24) is 4.57 Å². The minimum atomic E-state index is -0.894. The van der Waals surface area contributed by atoms with Crippen molar-refractivity contribution >= 4 is 56.6 Å². The molecule has 0 saturated heterocycles. The number of ether oxygens (including phenoxy) is 2. The van der Waals surface area contributed by atoms with E-state index in [1.54, 1.807) is 44.2 Å². The molecule has 0 N–H and O–H groups in total. The molecule has 9 nitrogen and oxygen atoms in total. The molecular formula is C30H22BrClFN3O6S. The van der Waals surface area contributed by atoms with Crippen molar-refractivity contribution in [1.29, 1.82) is 0 Å². The Hall–Kier alpha value is -4.13. The predicted octanol–water partition coefficient (Wildman–Crippen LogP) is 5.84. The number of hydrogen-bond acceptors (Lipinski definition) is 8. The van der Waals surface area contributed by atoms with Crippen LogP contribution in [0.3, 0.4) is 0 Å².